The van der Waals surface area contributed by atoms with E-state index < -0.39 is 8.07 Å². The second kappa shape index (κ2) is 7.71. The van der Waals surface area contributed by atoms with Gasteiger partial charge in [-0.25, -0.2) is 0 Å². The highest BCUT2D eigenvalue weighted by molar-refractivity contribution is 7.00. The van der Waals surface area contributed by atoms with Crippen molar-refractivity contribution in [1.82, 2.24) is 5.32 Å². The van der Waals surface area contributed by atoms with Crippen LogP contribution in [0.15, 0.2) is 78.9 Å². The monoisotopic (exact) mass is 373 g/mol. The van der Waals surface area contributed by atoms with Crippen LogP contribution in [0.25, 0.3) is 0 Å². The highest BCUT2D eigenvalue weighted by atomic mass is 28.3. The molecule has 0 saturated heterocycles. The van der Waals surface area contributed by atoms with Crippen molar-refractivity contribution >= 4 is 18.4 Å². The average Bonchev–Trinajstić information content (AvgIpc) is 3.52. The predicted octanol–water partition coefficient (Wildman–Crippen LogP) is 4.55. The van der Waals surface area contributed by atoms with E-state index in [-0.39, 0.29) is 0 Å². The van der Waals surface area contributed by atoms with E-state index in [0.29, 0.717) is 0 Å². The van der Waals surface area contributed by atoms with Crippen molar-refractivity contribution < 1.29 is 4.74 Å². The number of hydrogen-bond donors (Lipinski definition) is 1. The van der Waals surface area contributed by atoms with Gasteiger partial charge in [-0.15, -0.1) is 0 Å². The molecule has 138 valence electrons. The van der Waals surface area contributed by atoms with E-state index >= 15 is 0 Å². The lowest BCUT2D eigenvalue weighted by molar-refractivity contribution is 0.483. The lowest BCUT2D eigenvalue weighted by atomic mass is 10.2. The quantitative estimate of drug-likeness (QED) is 0.613. The van der Waals surface area contributed by atoms with E-state index in [4.69, 9.17) is 4.74 Å². The molecule has 1 N–H and O–H groups in total. The standard InChI is InChI=1S/C24H27NOSi/c1-27(2,24-11-7-6-8-19(24)18-25-20-12-13-20)23-16-14-22(15-17-23)26-21-9-4-3-5-10-21/h3-11,14-17,20,25H,12-13,18H2,1-2H3. The van der Waals surface area contributed by atoms with Crippen LogP contribution in [-0.2, 0) is 6.54 Å². The van der Waals surface area contributed by atoms with E-state index in [1.54, 1.807) is 0 Å². The van der Waals surface area contributed by atoms with Gasteiger partial charge in [0.15, 0.2) is 0 Å². The van der Waals surface area contributed by atoms with Crippen molar-refractivity contribution in [3.8, 4) is 11.5 Å². The molecule has 0 aromatic heterocycles. The van der Waals surface area contributed by atoms with E-state index in [1.807, 2.05) is 30.3 Å². The number of benzene rings is 3. The summed E-state index contributed by atoms with van der Waals surface area (Å²) in [4.78, 5) is 0. The molecule has 2 nitrogen and oxygen atoms in total. The van der Waals surface area contributed by atoms with E-state index in [1.165, 1.54) is 28.8 Å². The van der Waals surface area contributed by atoms with Crippen molar-refractivity contribution in [3.05, 3.63) is 84.4 Å². The molecule has 0 unspecified atom stereocenters. The molecule has 1 aliphatic rings. The molecule has 1 fully saturated rings. The second-order valence-electron chi connectivity index (χ2n) is 7.88. The Morgan fingerprint density at radius 3 is 2.15 bits per heavy atom. The Kier molecular flexibility index (Phi) is 5.15. The third kappa shape index (κ3) is 4.32. The summed E-state index contributed by atoms with van der Waals surface area (Å²) in [5.41, 5.74) is 1.45. The molecular weight excluding hydrogens is 346 g/mol. The predicted molar refractivity (Wildman–Crippen MR) is 116 cm³/mol. The molecule has 1 aliphatic carbocycles. The second-order valence-corrected chi connectivity index (χ2v) is 12.2. The number of nitrogens with one attached hydrogen (secondary N) is 1. The number of para-hydroxylation sites is 1. The Morgan fingerprint density at radius 2 is 1.44 bits per heavy atom. The molecular formula is C24H27NOSi. The van der Waals surface area contributed by atoms with Gasteiger partial charge >= 0.3 is 0 Å². The van der Waals surface area contributed by atoms with Crippen molar-refractivity contribution in [1.29, 1.82) is 0 Å². The van der Waals surface area contributed by atoms with Crippen molar-refractivity contribution in [2.75, 3.05) is 0 Å². The number of hydrogen-bond acceptors (Lipinski definition) is 2. The zero-order chi connectivity index (χ0) is 18.7. The van der Waals surface area contributed by atoms with Crippen LogP contribution in [0.5, 0.6) is 11.5 Å². The fourth-order valence-corrected chi connectivity index (χ4v) is 6.34. The fraction of sp³-hybridized carbons (Fsp3) is 0.250. The van der Waals surface area contributed by atoms with Gasteiger partial charge in [-0.1, -0.05) is 78.1 Å². The molecule has 3 aromatic rings. The van der Waals surface area contributed by atoms with E-state index in [2.05, 4.69) is 66.9 Å². The van der Waals surface area contributed by atoms with Gasteiger partial charge in [-0.2, -0.15) is 0 Å². The minimum Gasteiger partial charge on any atom is -0.457 e. The van der Waals surface area contributed by atoms with Gasteiger partial charge in [0, 0.05) is 12.6 Å². The van der Waals surface area contributed by atoms with Crippen LogP contribution >= 0.6 is 0 Å². The number of rotatable bonds is 7. The summed E-state index contributed by atoms with van der Waals surface area (Å²) in [5.74, 6) is 1.76. The third-order valence-corrected chi connectivity index (χ3v) is 9.02. The Hall–Kier alpha value is -2.36. The first-order chi connectivity index (χ1) is 13.1. The van der Waals surface area contributed by atoms with Gasteiger partial charge in [0.05, 0.1) is 0 Å². The van der Waals surface area contributed by atoms with Crippen LogP contribution < -0.4 is 20.4 Å². The Morgan fingerprint density at radius 1 is 0.815 bits per heavy atom. The molecule has 0 atom stereocenters. The first kappa shape index (κ1) is 18.0. The first-order valence-corrected chi connectivity index (χ1v) is 12.8. The summed E-state index contributed by atoms with van der Waals surface area (Å²) in [7, 11) is -1.76. The van der Waals surface area contributed by atoms with Crippen LogP contribution in [0.4, 0.5) is 0 Å². The van der Waals surface area contributed by atoms with Crippen LogP contribution in [0.2, 0.25) is 13.1 Å². The van der Waals surface area contributed by atoms with Gasteiger partial charge in [-0.05, 0) is 42.7 Å². The minimum absolute atomic E-state index is 0.734. The van der Waals surface area contributed by atoms with Gasteiger partial charge < -0.3 is 10.1 Å². The summed E-state index contributed by atoms with van der Waals surface area (Å²) < 4.78 is 5.95. The SMILES string of the molecule is C[Si](C)(c1ccc(Oc2ccccc2)cc1)c1ccccc1CNC1CC1. The summed E-state index contributed by atoms with van der Waals surface area (Å²) in [6.45, 7) is 5.86. The minimum atomic E-state index is -1.76. The van der Waals surface area contributed by atoms with Gasteiger partial charge in [-0.3, -0.25) is 0 Å². The van der Waals surface area contributed by atoms with Gasteiger partial charge in [0.25, 0.3) is 0 Å². The molecule has 27 heavy (non-hydrogen) atoms. The first-order valence-electron chi connectivity index (χ1n) is 9.78. The zero-order valence-corrected chi connectivity index (χ0v) is 17.1. The van der Waals surface area contributed by atoms with Crippen LogP contribution in [0.3, 0.4) is 0 Å². The summed E-state index contributed by atoms with van der Waals surface area (Å²) in [6, 6.07) is 28.3. The molecule has 1 saturated carbocycles. The summed E-state index contributed by atoms with van der Waals surface area (Å²) in [6.07, 6.45) is 2.65. The normalized spacial score (nSPS) is 14.1. The maximum Gasteiger partial charge on any atom is 0.127 e. The van der Waals surface area contributed by atoms with Gasteiger partial charge in [0.1, 0.15) is 19.6 Å². The third-order valence-electron chi connectivity index (χ3n) is 5.40. The highest BCUT2D eigenvalue weighted by Gasteiger charge is 2.29. The Balaban J connectivity index is 1.54. The molecule has 0 radical (unpaired) electrons. The van der Waals surface area contributed by atoms with E-state index in [9.17, 15) is 0 Å². The maximum absolute atomic E-state index is 5.95. The summed E-state index contributed by atoms with van der Waals surface area (Å²) in [5, 5.41) is 6.63. The van der Waals surface area contributed by atoms with Crippen LogP contribution in [0, 0.1) is 0 Å². The fourth-order valence-electron chi connectivity index (χ4n) is 3.55. The number of ether oxygens (including phenoxy) is 1. The van der Waals surface area contributed by atoms with E-state index in [0.717, 1.165) is 24.1 Å². The maximum atomic E-state index is 5.95. The molecule has 0 aliphatic heterocycles. The van der Waals surface area contributed by atoms with Crippen molar-refractivity contribution in [3.63, 3.8) is 0 Å². The summed E-state index contributed by atoms with van der Waals surface area (Å²) >= 11 is 0. The lowest BCUT2D eigenvalue weighted by Crippen LogP contribution is -2.54. The molecule has 4 rings (SSSR count). The lowest BCUT2D eigenvalue weighted by Gasteiger charge is -2.27. The van der Waals surface area contributed by atoms with Gasteiger partial charge in [0.2, 0.25) is 0 Å². The molecule has 0 bridgehead atoms. The van der Waals surface area contributed by atoms with Crippen LogP contribution in [-0.4, -0.2) is 14.1 Å². The molecule has 0 spiro atoms. The smallest absolute Gasteiger partial charge is 0.127 e. The Bertz CT molecular complexity index is 886. The highest BCUT2D eigenvalue weighted by Crippen LogP contribution is 2.21. The largest absolute Gasteiger partial charge is 0.457 e. The van der Waals surface area contributed by atoms with Crippen LogP contribution in [0.1, 0.15) is 18.4 Å². The molecule has 3 heteroatoms. The average molecular weight is 374 g/mol. The van der Waals surface area contributed by atoms with Crippen molar-refractivity contribution in [2.45, 2.75) is 38.5 Å². The molecule has 0 amide bonds. The molecule has 0 heterocycles. The Labute approximate surface area is 163 Å². The topological polar surface area (TPSA) is 21.3 Å². The van der Waals surface area contributed by atoms with Crippen molar-refractivity contribution in [2.24, 2.45) is 0 Å². The molecule has 3 aromatic carbocycles. The zero-order valence-electron chi connectivity index (χ0n) is 16.1.